The van der Waals surface area contributed by atoms with Gasteiger partial charge in [0.2, 0.25) is 5.78 Å². The molecule has 0 bridgehead atoms. The smallest absolute Gasteiger partial charge is 0.233 e. The third kappa shape index (κ3) is 2.82. The first kappa shape index (κ1) is 16.2. The number of hydrogen-bond donors (Lipinski definition) is 1. The summed E-state index contributed by atoms with van der Waals surface area (Å²) in [6.07, 6.45) is 11.6. The standard InChI is InChI=1S/C19H22N8/c1-2-17(16-13-25-8-4-6-22-19(25)23-16)26-10-7-21-18(26)15-11-14-12-20-5-3-9-27(14)24-15/h4,6-8,10-11,13,17,20H,2-3,5,9,12H2,1H3/t17-/m1/s1. The Bertz CT molecular complexity index is 1020. The molecule has 8 nitrogen and oxygen atoms in total. The molecule has 4 aromatic rings. The molecule has 5 heterocycles. The lowest BCUT2D eigenvalue weighted by Gasteiger charge is -2.16. The molecular weight excluding hydrogens is 340 g/mol. The second-order valence-electron chi connectivity index (χ2n) is 6.85. The van der Waals surface area contributed by atoms with Gasteiger partial charge in [0.1, 0.15) is 5.69 Å². The highest BCUT2D eigenvalue weighted by Crippen LogP contribution is 2.28. The molecule has 0 fully saturated rings. The Labute approximate surface area is 156 Å². The Morgan fingerprint density at radius 3 is 3.07 bits per heavy atom. The van der Waals surface area contributed by atoms with Crippen LogP contribution in [-0.2, 0) is 13.1 Å². The van der Waals surface area contributed by atoms with Crippen molar-refractivity contribution in [2.45, 2.75) is 38.9 Å². The van der Waals surface area contributed by atoms with Crippen molar-refractivity contribution in [3.63, 3.8) is 0 Å². The first-order chi connectivity index (χ1) is 13.3. The lowest BCUT2D eigenvalue weighted by atomic mass is 10.1. The Hall–Kier alpha value is -3.00. The predicted octanol–water partition coefficient (Wildman–Crippen LogP) is 2.28. The van der Waals surface area contributed by atoms with Crippen molar-refractivity contribution < 1.29 is 0 Å². The summed E-state index contributed by atoms with van der Waals surface area (Å²) in [7, 11) is 0. The van der Waals surface area contributed by atoms with Gasteiger partial charge in [0.05, 0.1) is 17.4 Å². The van der Waals surface area contributed by atoms with Crippen LogP contribution in [0.3, 0.4) is 0 Å². The fourth-order valence-corrected chi connectivity index (χ4v) is 3.79. The van der Waals surface area contributed by atoms with E-state index < -0.39 is 0 Å². The van der Waals surface area contributed by atoms with Crippen molar-refractivity contribution in [1.29, 1.82) is 0 Å². The van der Waals surface area contributed by atoms with Gasteiger partial charge >= 0.3 is 0 Å². The molecular formula is C19H22N8. The summed E-state index contributed by atoms with van der Waals surface area (Å²) in [6, 6.07) is 4.15. The van der Waals surface area contributed by atoms with Gasteiger partial charge in [-0.25, -0.2) is 15.0 Å². The van der Waals surface area contributed by atoms with E-state index in [1.54, 1.807) is 6.20 Å². The minimum atomic E-state index is 0.0869. The summed E-state index contributed by atoms with van der Waals surface area (Å²) in [6.45, 7) is 4.99. The van der Waals surface area contributed by atoms with Crippen LogP contribution in [0.15, 0.2) is 43.1 Å². The predicted molar refractivity (Wildman–Crippen MR) is 101 cm³/mol. The fraction of sp³-hybridized carbons (Fsp3) is 0.368. The van der Waals surface area contributed by atoms with Gasteiger partial charge in [-0.05, 0) is 31.5 Å². The lowest BCUT2D eigenvalue weighted by molar-refractivity contribution is 0.555. The highest BCUT2D eigenvalue weighted by Gasteiger charge is 2.22. The van der Waals surface area contributed by atoms with E-state index in [-0.39, 0.29) is 6.04 Å². The number of nitrogens with one attached hydrogen (secondary N) is 1. The molecule has 1 N–H and O–H groups in total. The molecule has 0 unspecified atom stereocenters. The Kier molecular flexibility index (Phi) is 3.97. The van der Waals surface area contributed by atoms with E-state index in [4.69, 9.17) is 10.1 Å². The largest absolute Gasteiger partial charge is 0.321 e. The zero-order chi connectivity index (χ0) is 18.2. The number of aryl methyl sites for hydroxylation is 1. The van der Waals surface area contributed by atoms with Crippen LogP contribution in [0.5, 0.6) is 0 Å². The summed E-state index contributed by atoms with van der Waals surface area (Å²) in [5.41, 5.74) is 3.11. The SMILES string of the molecule is CC[C@H](c1cn2cccnc2n1)n1ccnc1-c1cc2n(n1)CCCNC2. The summed E-state index contributed by atoms with van der Waals surface area (Å²) in [5, 5.41) is 8.27. The molecule has 0 amide bonds. The van der Waals surface area contributed by atoms with Crippen LogP contribution in [0.1, 0.15) is 37.2 Å². The third-order valence-electron chi connectivity index (χ3n) is 5.11. The summed E-state index contributed by atoms with van der Waals surface area (Å²) in [4.78, 5) is 13.7. The Morgan fingerprint density at radius 1 is 1.22 bits per heavy atom. The Balaban J connectivity index is 1.55. The molecule has 0 radical (unpaired) electrons. The summed E-state index contributed by atoms with van der Waals surface area (Å²) < 4.78 is 6.24. The second kappa shape index (κ2) is 6.62. The van der Waals surface area contributed by atoms with Crippen LogP contribution in [0.4, 0.5) is 0 Å². The first-order valence-corrected chi connectivity index (χ1v) is 9.43. The quantitative estimate of drug-likeness (QED) is 0.603. The fourth-order valence-electron chi connectivity index (χ4n) is 3.79. The maximum absolute atomic E-state index is 4.82. The van der Waals surface area contributed by atoms with Gasteiger partial charge in [0, 0.05) is 44.1 Å². The van der Waals surface area contributed by atoms with Crippen LogP contribution in [-0.4, -0.2) is 40.2 Å². The van der Waals surface area contributed by atoms with E-state index in [2.05, 4.69) is 37.5 Å². The number of imidazole rings is 2. The van der Waals surface area contributed by atoms with Crippen LogP contribution in [0.25, 0.3) is 17.3 Å². The molecule has 8 heteroatoms. The zero-order valence-electron chi connectivity index (χ0n) is 15.3. The first-order valence-electron chi connectivity index (χ1n) is 9.43. The van der Waals surface area contributed by atoms with Crippen LogP contribution in [0, 0.1) is 0 Å². The normalized spacial score (nSPS) is 15.6. The average Bonchev–Trinajstić information content (AvgIpc) is 3.38. The number of fused-ring (bicyclic) bond motifs is 2. The molecule has 0 saturated carbocycles. The molecule has 0 aromatic carbocycles. The number of nitrogens with zero attached hydrogens (tertiary/aromatic N) is 7. The summed E-state index contributed by atoms with van der Waals surface area (Å²) in [5.74, 6) is 1.60. The maximum Gasteiger partial charge on any atom is 0.233 e. The second-order valence-corrected chi connectivity index (χ2v) is 6.85. The van der Waals surface area contributed by atoms with Crippen molar-refractivity contribution in [1.82, 2.24) is 39.0 Å². The van der Waals surface area contributed by atoms with Crippen molar-refractivity contribution in [2.75, 3.05) is 6.54 Å². The lowest BCUT2D eigenvalue weighted by Crippen LogP contribution is -2.12. The van der Waals surface area contributed by atoms with Crippen molar-refractivity contribution in [3.8, 4) is 11.5 Å². The average molecular weight is 362 g/mol. The van der Waals surface area contributed by atoms with Gasteiger partial charge in [-0.15, -0.1) is 0 Å². The minimum Gasteiger partial charge on any atom is -0.321 e. The van der Waals surface area contributed by atoms with Crippen molar-refractivity contribution in [2.24, 2.45) is 0 Å². The maximum atomic E-state index is 4.82. The van der Waals surface area contributed by atoms with Crippen molar-refractivity contribution >= 4 is 5.78 Å². The molecule has 0 spiro atoms. The highest BCUT2D eigenvalue weighted by molar-refractivity contribution is 5.51. The number of hydrogen-bond acceptors (Lipinski definition) is 5. The molecule has 5 rings (SSSR count). The summed E-state index contributed by atoms with van der Waals surface area (Å²) >= 11 is 0. The van der Waals surface area contributed by atoms with Gasteiger partial charge in [0.15, 0.2) is 5.82 Å². The topological polar surface area (TPSA) is 77.9 Å². The third-order valence-corrected chi connectivity index (χ3v) is 5.11. The molecule has 4 aromatic heterocycles. The van der Waals surface area contributed by atoms with E-state index >= 15 is 0 Å². The van der Waals surface area contributed by atoms with Crippen LogP contribution < -0.4 is 5.32 Å². The molecule has 0 aliphatic carbocycles. The van der Waals surface area contributed by atoms with Gasteiger partial charge in [0.25, 0.3) is 0 Å². The van der Waals surface area contributed by atoms with Gasteiger partial charge in [-0.3, -0.25) is 9.08 Å². The molecule has 1 aliphatic heterocycles. The molecule has 1 aliphatic rings. The molecule has 1 atom stereocenters. The molecule has 27 heavy (non-hydrogen) atoms. The van der Waals surface area contributed by atoms with E-state index in [0.717, 1.165) is 49.7 Å². The molecule has 138 valence electrons. The highest BCUT2D eigenvalue weighted by atomic mass is 15.3. The van der Waals surface area contributed by atoms with Gasteiger partial charge in [-0.2, -0.15) is 5.10 Å². The number of rotatable bonds is 4. The van der Waals surface area contributed by atoms with Crippen molar-refractivity contribution in [3.05, 3.63) is 54.5 Å². The van der Waals surface area contributed by atoms with E-state index in [1.165, 1.54) is 5.69 Å². The zero-order valence-corrected chi connectivity index (χ0v) is 15.3. The van der Waals surface area contributed by atoms with Crippen LogP contribution >= 0.6 is 0 Å². The van der Waals surface area contributed by atoms with E-state index in [1.807, 2.05) is 35.3 Å². The van der Waals surface area contributed by atoms with Crippen LogP contribution in [0.2, 0.25) is 0 Å². The van der Waals surface area contributed by atoms with E-state index in [0.29, 0.717) is 5.78 Å². The monoisotopic (exact) mass is 362 g/mol. The minimum absolute atomic E-state index is 0.0869. The van der Waals surface area contributed by atoms with Gasteiger partial charge in [-0.1, -0.05) is 6.92 Å². The Morgan fingerprint density at radius 2 is 2.19 bits per heavy atom. The molecule has 0 saturated heterocycles. The number of aromatic nitrogens is 7. The van der Waals surface area contributed by atoms with E-state index in [9.17, 15) is 0 Å². The van der Waals surface area contributed by atoms with Gasteiger partial charge < -0.3 is 9.88 Å².